The quantitative estimate of drug-likeness (QED) is 0.442. The van der Waals surface area contributed by atoms with E-state index >= 15 is 0 Å². The molecule has 0 unspecified atom stereocenters. The molecule has 10 nitrogen and oxygen atoms in total. The number of ether oxygens (including phenoxy) is 2. The van der Waals surface area contributed by atoms with Gasteiger partial charge < -0.3 is 19.7 Å². The van der Waals surface area contributed by atoms with Crippen LogP contribution in [0.4, 0.5) is 16.2 Å². The fourth-order valence-electron chi connectivity index (χ4n) is 2.81. The minimum atomic E-state index is -0.598. The van der Waals surface area contributed by atoms with E-state index in [1.807, 2.05) is 19.0 Å². The van der Waals surface area contributed by atoms with Crippen LogP contribution < -0.4 is 15.0 Å². The molecule has 32 heavy (non-hydrogen) atoms. The summed E-state index contributed by atoms with van der Waals surface area (Å²) in [6, 6.07) is 11.1. The number of rotatable bonds is 10. The van der Waals surface area contributed by atoms with E-state index in [-0.39, 0.29) is 30.4 Å². The Morgan fingerprint density at radius 1 is 1.09 bits per heavy atom. The molecular formula is C22H28N4O6. The lowest BCUT2D eigenvalue weighted by molar-refractivity contribution is -0.384. The highest BCUT2D eigenvalue weighted by Gasteiger charge is 2.16. The zero-order chi connectivity index (χ0) is 23.7. The highest BCUT2D eigenvalue weighted by molar-refractivity contribution is 5.87. The lowest BCUT2D eigenvalue weighted by atomic mass is 10.1. The van der Waals surface area contributed by atoms with Gasteiger partial charge in [-0.15, -0.1) is 0 Å². The number of carbonyl (C=O) groups is 2. The second kappa shape index (κ2) is 11.7. The molecule has 0 heterocycles. The number of non-ortho nitro benzene ring substituents is 1. The number of nitro benzene ring substituents is 1. The van der Waals surface area contributed by atoms with Crippen molar-refractivity contribution in [3.05, 3.63) is 63.7 Å². The number of likely N-dealkylation sites (N-methyl/N-ethyl adjacent to an activating group) is 1. The summed E-state index contributed by atoms with van der Waals surface area (Å²) >= 11 is 0. The molecule has 0 aliphatic heterocycles. The summed E-state index contributed by atoms with van der Waals surface area (Å²) in [7, 11) is 6.84. The molecule has 1 N–H and O–H groups in total. The molecule has 0 spiro atoms. The smallest absolute Gasteiger partial charge is 0.414 e. The molecule has 2 aromatic carbocycles. The summed E-state index contributed by atoms with van der Waals surface area (Å²) in [6.45, 7) is 1.25. The summed E-state index contributed by atoms with van der Waals surface area (Å²) in [5.41, 5.74) is 1.83. The minimum Gasteiger partial charge on any atom is -0.496 e. The summed E-state index contributed by atoms with van der Waals surface area (Å²) in [4.78, 5) is 38.1. The topological polar surface area (TPSA) is 114 Å². The number of methoxy groups -OCH3 is 1. The molecule has 172 valence electrons. The van der Waals surface area contributed by atoms with Crippen LogP contribution in [0.2, 0.25) is 0 Å². The van der Waals surface area contributed by atoms with Crippen molar-refractivity contribution in [2.75, 3.05) is 46.2 Å². The van der Waals surface area contributed by atoms with Crippen molar-refractivity contribution in [2.24, 2.45) is 0 Å². The van der Waals surface area contributed by atoms with Crippen LogP contribution in [0.5, 0.6) is 5.75 Å². The first-order valence-electron chi connectivity index (χ1n) is 9.93. The fourth-order valence-corrected chi connectivity index (χ4v) is 2.81. The molecular weight excluding hydrogens is 416 g/mol. The normalized spacial score (nSPS) is 10.5. The van der Waals surface area contributed by atoms with Crippen LogP contribution in [-0.2, 0) is 22.6 Å². The van der Waals surface area contributed by atoms with Crippen LogP contribution in [0.1, 0.15) is 11.1 Å². The van der Waals surface area contributed by atoms with E-state index in [0.717, 1.165) is 12.1 Å². The Kier molecular flexibility index (Phi) is 8.96. The van der Waals surface area contributed by atoms with E-state index < -0.39 is 11.0 Å². The Bertz CT molecular complexity index is 946. The van der Waals surface area contributed by atoms with Gasteiger partial charge in [-0.05, 0) is 37.9 Å². The summed E-state index contributed by atoms with van der Waals surface area (Å²) in [5.74, 6) is 0.201. The average molecular weight is 444 g/mol. The van der Waals surface area contributed by atoms with Crippen LogP contribution in [0.3, 0.4) is 0 Å². The van der Waals surface area contributed by atoms with Crippen LogP contribution in [0.15, 0.2) is 42.5 Å². The molecule has 0 bridgehead atoms. The Labute approximate surface area is 186 Å². The van der Waals surface area contributed by atoms with E-state index in [1.165, 1.54) is 30.2 Å². The molecule has 0 saturated heterocycles. The fraction of sp³-hybridized carbons (Fsp3) is 0.364. The van der Waals surface area contributed by atoms with Gasteiger partial charge in [0.1, 0.15) is 12.4 Å². The third-order valence-corrected chi connectivity index (χ3v) is 4.68. The van der Waals surface area contributed by atoms with Gasteiger partial charge in [0, 0.05) is 37.5 Å². The van der Waals surface area contributed by atoms with Crippen molar-refractivity contribution in [2.45, 2.75) is 13.0 Å². The predicted molar refractivity (Wildman–Crippen MR) is 120 cm³/mol. The Balaban J connectivity index is 1.91. The largest absolute Gasteiger partial charge is 0.496 e. The monoisotopic (exact) mass is 444 g/mol. The second-order valence-electron chi connectivity index (χ2n) is 7.36. The first kappa shape index (κ1) is 24.6. The molecule has 0 aliphatic carbocycles. The molecule has 0 aliphatic rings. The van der Waals surface area contributed by atoms with E-state index in [0.29, 0.717) is 17.8 Å². The van der Waals surface area contributed by atoms with Crippen LogP contribution in [0.25, 0.3) is 0 Å². The standard InChI is InChI=1S/C22H28N4O6/c1-24(2)12-11-23-21(27)13-16-5-8-18(9-6-16)25(3)22(28)32-15-17-7-10-19(26(29)30)14-20(17)31-4/h5-10,14H,11-13,15H2,1-4H3,(H,23,27). The number of benzene rings is 2. The summed E-state index contributed by atoms with van der Waals surface area (Å²) in [6.07, 6.45) is -0.346. The highest BCUT2D eigenvalue weighted by atomic mass is 16.6. The van der Waals surface area contributed by atoms with Crippen LogP contribution >= 0.6 is 0 Å². The predicted octanol–water partition coefficient (Wildman–Crippen LogP) is 2.60. The van der Waals surface area contributed by atoms with Crippen LogP contribution in [-0.4, -0.2) is 63.2 Å². The van der Waals surface area contributed by atoms with Gasteiger partial charge in [0.15, 0.2) is 0 Å². The third-order valence-electron chi connectivity index (χ3n) is 4.68. The first-order valence-corrected chi connectivity index (χ1v) is 9.93. The average Bonchev–Trinajstić information content (AvgIpc) is 2.76. The summed E-state index contributed by atoms with van der Waals surface area (Å²) in [5, 5.41) is 13.7. The number of hydrogen-bond donors (Lipinski definition) is 1. The number of amides is 2. The molecule has 10 heteroatoms. The molecule has 0 atom stereocenters. The SMILES string of the molecule is COc1cc([N+](=O)[O-])ccc1COC(=O)N(C)c1ccc(CC(=O)NCCN(C)C)cc1. The van der Waals surface area contributed by atoms with Gasteiger partial charge in [-0.3, -0.25) is 19.8 Å². The highest BCUT2D eigenvalue weighted by Crippen LogP contribution is 2.25. The Morgan fingerprint density at radius 3 is 2.38 bits per heavy atom. The molecule has 0 aromatic heterocycles. The zero-order valence-electron chi connectivity index (χ0n) is 18.7. The number of carbonyl (C=O) groups excluding carboxylic acids is 2. The van der Waals surface area contributed by atoms with Crippen LogP contribution in [0, 0.1) is 10.1 Å². The maximum atomic E-state index is 12.4. The number of nitrogens with zero attached hydrogens (tertiary/aromatic N) is 3. The van der Waals surface area contributed by atoms with Crippen molar-refractivity contribution in [3.8, 4) is 5.75 Å². The van der Waals surface area contributed by atoms with Gasteiger partial charge in [-0.25, -0.2) is 4.79 Å². The molecule has 0 fully saturated rings. The lowest BCUT2D eigenvalue weighted by Crippen LogP contribution is -2.32. The maximum absolute atomic E-state index is 12.4. The van der Waals surface area contributed by atoms with Crippen molar-refractivity contribution in [3.63, 3.8) is 0 Å². The minimum absolute atomic E-state index is 0.0654. The summed E-state index contributed by atoms with van der Waals surface area (Å²) < 4.78 is 10.5. The van der Waals surface area contributed by atoms with Gasteiger partial charge in [0.25, 0.3) is 5.69 Å². The van der Waals surface area contributed by atoms with Crippen molar-refractivity contribution >= 4 is 23.4 Å². The number of nitrogens with one attached hydrogen (secondary N) is 1. The molecule has 2 rings (SSSR count). The number of hydrogen-bond acceptors (Lipinski definition) is 7. The van der Waals surface area contributed by atoms with Crippen molar-refractivity contribution in [1.29, 1.82) is 0 Å². The first-order chi connectivity index (χ1) is 15.2. The Hall–Kier alpha value is -3.66. The van der Waals surface area contributed by atoms with E-state index in [2.05, 4.69) is 5.32 Å². The van der Waals surface area contributed by atoms with Gasteiger partial charge in [-0.1, -0.05) is 12.1 Å². The zero-order valence-corrected chi connectivity index (χ0v) is 18.7. The van der Waals surface area contributed by atoms with Gasteiger partial charge in [0.05, 0.1) is 24.5 Å². The van der Waals surface area contributed by atoms with Gasteiger partial charge in [-0.2, -0.15) is 0 Å². The molecule has 0 radical (unpaired) electrons. The van der Waals surface area contributed by atoms with Crippen molar-refractivity contribution in [1.82, 2.24) is 10.2 Å². The lowest BCUT2D eigenvalue weighted by Gasteiger charge is -2.18. The van der Waals surface area contributed by atoms with E-state index in [1.54, 1.807) is 31.3 Å². The molecule has 2 aromatic rings. The van der Waals surface area contributed by atoms with E-state index in [9.17, 15) is 19.7 Å². The maximum Gasteiger partial charge on any atom is 0.414 e. The molecule has 2 amide bonds. The third kappa shape index (κ3) is 7.24. The van der Waals surface area contributed by atoms with Gasteiger partial charge in [0.2, 0.25) is 5.91 Å². The molecule has 0 saturated carbocycles. The number of nitro groups is 1. The van der Waals surface area contributed by atoms with Gasteiger partial charge >= 0.3 is 6.09 Å². The van der Waals surface area contributed by atoms with Crippen molar-refractivity contribution < 1.29 is 24.0 Å². The number of anilines is 1. The second-order valence-corrected chi connectivity index (χ2v) is 7.36. The Morgan fingerprint density at radius 2 is 1.78 bits per heavy atom. The van der Waals surface area contributed by atoms with E-state index in [4.69, 9.17) is 9.47 Å².